The zero-order valence-corrected chi connectivity index (χ0v) is 23.9. The van der Waals surface area contributed by atoms with Crippen LogP contribution in [0.1, 0.15) is 13.8 Å². The Morgan fingerprint density at radius 3 is 0.771 bits per heavy atom. The molecule has 0 saturated carbocycles. The summed E-state index contributed by atoms with van der Waals surface area (Å²) < 4.78 is 0. The summed E-state index contributed by atoms with van der Waals surface area (Å²) in [6, 6.07) is 0. The Labute approximate surface area is 229 Å². The molecule has 0 aliphatic heterocycles. The summed E-state index contributed by atoms with van der Waals surface area (Å²) in [5.41, 5.74) is 15.7. The topological polar surface area (TPSA) is 231 Å². The van der Waals surface area contributed by atoms with E-state index in [1.54, 1.807) is 13.8 Å². The number of aliphatic hydroxyl groups excluding tert-OH is 4. The van der Waals surface area contributed by atoms with Crippen LogP contribution in [-0.4, -0.2) is 145 Å². The molecule has 0 spiro atoms. The number of aliphatic hydroxyl groups is 4. The molecule has 0 saturated heterocycles. The van der Waals surface area contributed by atoms with E-state index >= 15 is 0 Å². The molecular formula is C21H59N9O4Ti. The summed E-state index contributed by atoms with van der Waals surface area (Å²) in [7, 11) is 0. The molecule has 0 aliphatic carbocycles. The third-order valence-electron chi connectivity index (χ3n) is 3.26. The van der Waals surface area contributed by atoms with Crippen molar-refractivity contribution in [3.8, 4) is 0 Å². The van der Waals surface area contributed by atoms with Crippen molar-refractivity contribution in [2.24, 2.45) is 17.2 Å². The Morgan fingerprint density at radius 1 is 0.457 bits per heavy atom. The molecule has 0 heterocycles. The molecule has 216 valence electrons. The second-order valence-electron chi connectivity index (χ2n) is 7.13. The normalized spacial score (nSPS) is 9.77. The van der Waals surface area contributed by atoms with Gasteiger partial charge in [-0.1, -0.05) is 0 Å². The van der Waals surface area contributed by atoms with E-state index in [0.29, 0.717) is 39.3 Å². The van der Waals surface area contributed by atoms with Gasteiger partial charge in [0.25, 0.3) is 0 Å². The van der Waals surface area contributed by atoms with Crippen molar-refractivity contribution in [1.29, 1.82) is 0 Å². The van der Waals surface area contributed by atoms with Crippen molar-refractivity contribution >= 4 is 0 Å². The van der Waals surface area contributed by atoms with Crippen LogP contribution in [0.2, 0.25) is 0 Å². The van der Waals surface area contributed by atoms with Gasteiger partial charge in [0, 0.05) is 126 Å². The van der Waals surface area contributed by atoms with Crippen LogP contribution < -0.4 is 49.1 Å². The van der Waals surface area contributed by atoms with Crippen molar-refractivity contribution < 1.29 is 42.1 Å². The smallest absolute Gasteiger partial charge is 0.0555 e. The third-order valence-corrected chi connectivity index (χ3v) is 3.26. The summed E-state index contributed by atoms with van der Waals surface area (Å²) in [6.07, 6.45) is -0.167. The molecular weight excluding hydrogens is 490 g/mol. The molecule has 0 aromatic heterocycles. The van der Waals surface area contributed by atoms with E-state index in [9.17, 15) is 0 Å². The Kier molecular flexibility index (Phi) is 65.7. The molecule has 0 bridgehead atoms. The first kappa shape index (κ1) is 45.1. The minimum Gasteiger partial charge on any atom is -0.395 e. The molecule has 35 heavy (non-hydrogen) atoms. The average molecular weight is 550 g/mol. The number of rotatable bonds is 21. The summed E-state index contributed by atoms with van der Waals surface area (Å²) >= 11 is 0. The summed E-state index contributed by atoms with van der Waals surface area (Å²) in [6.45, 7) is 16.1. The fraction of sp³-hybridized carbons (Fsp3) is 1.00. The Morgan fingerprint density at radius 2 is 0.629 bits per heavy atom. The van der Waals surface area contributed by atoms with E-state index < -0.39 is 0 Å². The van der Waals surface area contributed by atoms with Crippen LogP contribution in [-0.2, 0) is 21.7 Å². The molecule has 0 atom stereocenters. The van der Waals surface area contributed by atoms with Crippen molar-refractivity contribution in [3.63, 3.8) is 0 Å². The number of hydrogen-bond acceptors (Lipinski definition) is 13. The van der Waals surface area contributed by atoms with Gasteiger partial charge in [-0.25, -0.2) is 0 Å². The van der Waals surface area contributed by atoms with E-state index in [4.69, 9.17) is 37.6 Å². The maximum Gasteiger partial charge on any atom is 0.0555 e. The van der Waals surface area contributed by atoms with Gasteiger partial charge in [-0.3, -0.25) is 0 Å². The van der Waals surface area contributed by atoms with Crippen LogP contribution in [0.25, 0.3) is 0 Å². The van der Waals surface area contributed by atoms with E-state index in [1.165, 1.54) is 0 Å². The van der Waals surface area contributed by atoms with E-state index in [0.717, 1.165) is 58.9 Å². The van der Waals surface area contributed by atoms with E-state index in [-0.39, 0.29) is 47.6 Å². The van der Waals surface area contributed by atoms with Crippen molar-refractivity contribution in [2.75, 3.05) is 118 Å². The molecule has 14 heteroatoms. The van der Waals surface area contributed by atoms with Gasteiger partial charge >= 0.3 is 0 Å². The van der Waals surface area contributed by atoms with Crippen LogP contribution >= 0.6 is 0 Å². The largest absolute Gasteiger partial charge is 0.395 e. The predicted molar refractivity (Wildman–Crippen MR) is 143 cm³/mol. The number of hydrogen-bond donors (Lipinski definition) is 13. The molecule has 0 radical (unpaired) electrons. The van der Waals surface area contributed by atoms with Crippen molar-refractivity contribution in [2.45, 2.75) is 20.0 Å². The van der Waals surface area contributed by atoms with Crippen LogP contribution in [0.5, 0.6) is 0 Å². The maximum atomic E-state index is 8.37. The number of nitrogens with two attached hydrogens (primary N) is 3. The molecule has 0 rings (SSSR count). The Hall–Kier alpha value is 0.194. The standard InChI is InChI=1S/3C6H17N3O.C3H8O.Ti/c3*7-1-2-8-3-4-9-5-6-10;1-3(2)4;/h3*8-10H,1-7H2;3-4H,1-2H3;. The van der Waals surface area contributed by atoms with Crippen LogP contribution in [0.4, 0.5) is 0 Å². The third kappa shape index (κ3) is 78.9. The van der Waals surface area contributed by atoms with Crippen LogP contribution in [0, 0.1) is 0 Å². The molecule has 0 aliphatic rings. The first-order chi connectivity index (χ1) is 16.5. The first-order valence-corrected chi connectivity index (χ1v) is 12.3. The van der Waals surface area contributed by atoms with Crippen LogP contribution in [0.15, 0.2) is 0 Å². The molecule has 0 fully saturated rings. The van der Waals surface area contributed by atoms with Crippen molar-refractivity contribution in [3.05, 3.63) is 0 Å². The minimum atomic E-state index is -0.167. The fourth-order valence-electron chi connectivity index (χ4n) is 1.82. The average Bonchev–Trinajstić information content (AvgIpc) is 2.81. The Bertz CT molecular complexity index is 241. The van der Waals surface area contributed by atoms with Gasteiger partial charge in [0.1, 0.15) is 0 Å². The second kappa shape index (κ2) is 50.9. The van der Waals surface area contributed by atoms with Gasteiger partial charge in [-0.05, 0) is 13.8 Å². The fourth-order valence-corrected chi connectivity index (χ4v) is 1.82. The zero-order chi connectivity index (χ0) is 26.5. The summed E-state index contributed by atoms with van der Waals surface area (Å²) in [4.78, 5) is 0. The second-order valence-corrected chi connectivity index (χ2v) is 7.13. The minimum absolute atomic E-state index is 0. The monoisotopic (exact) mass is 549 g/mol. The molecule has 0 aromatic carbocycles. The number of nitrogens with one attached hydrogen (secondary N) is 6. The first-order valence-electron chi connectivity index (χ1n) is 12.3. The maximum absolute atomic E-state index is 8.37. The van der Waals surface area contributed by atoms with E-state index in [2.05, 4.69) is 31.9 Å². The van der Waals surface area contributed by atoms with Gasteiger partial charge in [-0.15, -0.1) is 0 Å². The van der Waals surface area contributed by atoms with Gasteiger partial charge < -0.3 is 69.5 Å². The van der Waals surface area contributed by atoms with E-state index in [1.807, 2.05) is 0 Å². The SMILES string of the molecule is CC(C)O.NCCNCCNCCO.NCCNCCNCCO.NCCNCCNCCO.[Ti]. The molecule has 0 amide bonds. The van der Waals surface area contributed by atoms with Gasteiger partial charge in [0.15, 0.2) is 0 Å². The van der Waals surface area contributed by atoms with Gasteiger partial charge in [0.05, 0.1) is 19.8 Å². The molecule has 13 nitrogen and oxygen atoms in total. The van der Waals surface area contributed by atoms with Gasteiger partial charge in [0.2, 0.25) is 0 Å². The molecule has 0 unspecified atom stereocenters. The summed E-state index contributed by atoms with van der Waals surface area (Å²) in [5, 5.41) is 51.7. The Balaban J connectivity index is -0.000000118. The predicted octanol–water partition coefficient (Wildman–Crippen LogP) is -5.27. The summed E-state index contributed by atoms with van der Waals surface area (Å²) in [5.74, 6) is 0. The zero-order valence-electron chi connectivity index (χ0n) is 22.3. The van der Waals surface area contributed by atoms with Gasteiger partial charge in [-0.2, -0.15) is 0 Å². The molecule has 0 aromatic rings. The van der Waals surface area contributed by atoms with Crippen molar-refractivity contribution in [1.82, 2.24) is 31.9 Å². The van der Waals surface area contributed by atoms with Crippen LogP contribution in [0.3, 0.4) is 0 Å². The molecule has 16 N–H and O–H groups in total. The quantitative estimate of drug-likeness (QED) is 0.0474.